The van der Waals surface area contributed by atoms with Crippen LogP contribution in [0, 0.1) is 0 Å². The molecular weight excluding hydrogens is 168 g/mol. The summed E-state index contributed by atoms with van der Waals surface area (Å²) in [7, 11) is 1.66. The number of furan rings is 1. The van der Waals surface area contributed by atoms with Crippen LogP contribution in [-0.2, 0) is 4.74 Å². The van der Waals surface area contributed by atoms with E-state index in [4.69, 9.17) is 9.15 Å². The first-order valence-corrected chi connectivity index (χ1v) is 4.54. The van der Waals surface area contributed by atoms with E-state index < -0.39 is 6.10 Å². The maximum absolute atomic E-state index is 9.99. The quantitative estimate of drug-likeness (QED) is 0.776. The van der Waals surface area contributed by atoms with Gasteiger partial charge in [0, 0.05) is 12.7 Å². The van der Waals surface area contributed by atoms with Gasteiger partial charge in [0.1, 0.15) is 6.10 Å². The molecule has 1 aliphatic rings. The standard InChI is InChI=1S/C10H14O3/c1-12-10(4-2-5-10)9(11)8-3-6-13-7-8/h3,6-7,9,11H,2,4-5H2,1H3. The van der Waals surface area contributed by atoms with Crippen molar-refractivity contribution in [3.63, 3.8) is 0 Å². The van der Waals surface area contributed by atoms with E-state index in [0.29, 0.717) is 0 Å². The predicted molar refractivity (Wildman–Crippen MR) is 47.3 cm³/mol. The van der Waals surface area contributed by atoms with Crippen molar-refractivity contribution in [1.82, 2.24) is 0 Å². The first-order chi connectivity index (χ1) is 6.28. The summed E-state index contributed by atoms with van der Waals surface area (Å²) < 4.78 is 10.3. The molecule has 13 heavy (non-hydrogen) atoms. The molecule has 1 aromatic heterocycles. The van der Waals surface area contributed by atoms with Gasteiger partial charge in [0.2, 0.25) is 0 Å². The van der Waals surface area contributed by atoms with Crippen LogP contribution in [0.2, 0.25) is 0 Å². The first-order valence-electron chi connectivity index (χ1n) is 4.54. The van der Waals surface area contributed by atoms with Gasteiger partial charge in [-0.3, -0.25) is 0 Å². The van der Waals surface area contributed by atoms with Gasteiger partial charge < -0.3 is 14.3 Å². The number of aliphatic hydroxyl groups is 1. The maximum Gasteiger partial charge on any atom is 0.111 e. The van der Waals surface area contributed by atoms with Crippen molar-refractivity contribution in [2.75, 3.05) is 7.11 Å². The molecule has 1 aliphatic carbocycles. The highest BCUT2D eigenvalue weighted by atomic mass is 16.5. The summed E-state index contributed by atoms with van der Waals surface area (Å²) in [5.74, 6) is 0. The Balaban J connectivity index is 2.16. The molecule has 1 N–H and O–H groups in total. The van der Waals surface area contributed by atoms with Crippen molar-refractivity contribution in [2.24, 2.45) is 0 Å². The van der Waals surface area contributed by atoms with E-state index in [1.807, 2.05) is 0 Å². The highest BCUT2D eigenvalue weighted by Crippen LogP contribution is 2.44. The molecule has 0 spiro atoms. The van der Waals surface area contributed by atoms with Crippen molar-refractivity contribution >= 4 is 0 Å². The normalized spacial score (nSPS) is 22.3. The van der Waals surface area contributed by atoms with Gasteiger partial charge in [-0.05, 0) is 25.3 Å². The van der Waals surface area contributed by atoms with Crippen LogP contribution < -0.4 is 0 Å². The minimum atomic E-state index is -0.551. The molecule has 0 aromatic carbocycles. The topological polar surface area (TPSA) is 42.6 Å². The van der Waals surface area contributed by atoms with E-state index in [1.54, 1.807) is 25.7 Å². The number of aliphatic hydroxyl groups excluding tert-OH is 1. The van der Waals surface area contributed by atoms with Crippen LogP contribution in [0.4, 0.5) is 0 Å². The van der Waals surface area contributed by atoms with Gasteiger partial charge in [-0.25, -0.2) is 0 Å². The zero-order chi connectivity index (χ0) is 9.31. The van der Waals surface area contributed by atoms with E-state index >= 15 is 0 Å². The summed E-state index contributed by atoms with van der Waals surface area (Å²) in [6.45, 7) is 0. The van der Waals surface area contributed by atoms with Gasteiger partial charge in [-0.2, -0.15) is 0 Å². The average Bonchev–Trinajstić information content (AvgIpc) is 2.54. The molecule has 1 unspecified atom stereocenters. The second-order valence-corrected chi connectivity index (χ2v) is 3.58. The van der Waals surface area contributed by atoms with Gasteiger partial charge in [-0.1, -0.05) is 0 Å². The Hall–Kier alpha value is -0.800. The maximum atomic E-state index is 9.99. The lowest BCUT2D eigenvalue weighted by Gasteiger charge is -2.43. The fourth-order valence-electron chi connectivity index (χ4n) is 1.85. The van der Waals surface area contributed by atoms with Crippen LogP contribution in [0.15, 0.2) is 23.0 Å². The summed E-state index contributed by atoms with van der Waals surface area (Å²) in [6, 6.07) is 1.78. The molecule has 3 nitrogen and oxygen atoms in total. The van der Waals surface area contributed by atoms with Gasteiger partial charge in [-0.15, -0.1) is 0 Å². The van der Waals surface area contributed by atoms with Gasteiger partial charge in [0.15, 0.2) is 0 Å². The number of methoxy groups -OCH3 is 1. The second-order valence-electron chi connectivity index (χ2n) is 3.58. The van der Waals surface area contributed by atoms with Crippen molar-refractivity contribution in [2.45, 2.75) is 31.0 Å². The molecule has 1 saturated carbocycles. The Morgan fingerprint density at radius 2 is 2.38 bits per heavy atom. The number of ether oxygens (including phenoxy) is 1. The fourth-order valence-corrected chi connectivity index (χ4v) is 1.85. The number of rotatable bonds is 3. The Morgan fingerprint density at radius 1 is 1.62 bits per heavy atom. The van der Waals surface area contributed by atoms with E-state index in [-0.39, 0.29) is 5.60 Å². The van der Waals surface area contributed by atoms with Crippen LogP contribution >= 0.6 is 0 Å². The molecule has 0 radical (unpaired) electrons. The Morgan fingerprint density at radius 3 is 2.77 bits per heavy atom. The van der Waals surface area contributed by atoms with Crippen LogP contribution in [0.25, 0.3) is 0 Å². The Kier molecular flexibility index (Phi) is 2.14. The summed E-state index contributed by atoms with van der Waals surface area (Å²) in [5.41, 5.74) is 0.450. The number of hydrogen-bond donors (Lipinski definition) is 1. The Labute approximate surface area is 77.3 Å². The molecule has 0 aliphatic heterocycles. The zero-order valence-electron chi connectivity index (χ0n) is 7.69. The summed E-state index contributed by atoms with van der Waals surface area (Å²) in [4.78, 5) is 0. The van der Waals surface area contributed by atoms with Crippen LogP contribution in [0.3, 0.4) is 0 Å². The van der Waals surface area contributed by atoms with Gasteiger partial charge in [0.05, 0.1) is 18.1 Å². The Bertz CT molecular complexity index is 256. The van der Waals surface area contributed by atoms with Crippen molar-refractivity contribution in [3.05, 3.63) is 24.2 Å². The highest BCUT2D eigenvalue weighted by Gasteiger charge is 2.44. The average molecular weight is 182 g/mol. The minimum Gasteiger partial charge on any atom is -0.472 e. The lowest BCUT2D eigenvalue weighted by molar-refractivity contribution is -0.151. The third-order valence-electron chi connectivity index (χ3n) is 2.96. The first kappa shape index (κ1) is 8.78. The SMILES string of the molecule is COC1(C(O)c2ccoc2)CCC1. The van der Waals surface area contributed by atoms with E-state index in [1.165, 1.54) is 0 Å². The molecule has 2 rings (SSSR count). The van der Waals surface area contributed by atoms with Crippen LogP contribution in [-0.4, -0.2) is 17.8 Å². The molecule has 72 valence electrons. The summed E-state index contributed by atoms with van der Waals surface area (Å²) >= 11 is 0. The molecule has 1 heterocycles. The molecule has 1 fully saturated rings. The largest absolute Gasteiger partial charge is 0.472 e. The molecule has 0 saturated heterocycles. The lowest BCUT2D eigenvalue weighted by Crippen LogP contribution is -2.44. The fraction of sp³-hybridized carbons (Fsp3) is 0.600. The minimum absolute atomic E-state index is 0.357. The molecule has 1 atom stereocenters. The smallest absolute Gasteiger partial charge is 0.111 e. The van der Waals surface area contributed by atoms with Crippen molar-refractivity contribution in [1.29, 1.82) is 0 Å². The van der Waals surface area contributed by atoms with Gasteiger partial charge in [0.25, 0.3) is 0 Å². The third kappa shape index (κ3) is 1.28. The van der Waals surface area contributed by atoms with E-state index in [0.717, 1.165) is 24.8 Å². The lowest BCUT2D eigenvalue weighted by atomic mass is 9.74. The van der Waals surface area contributed by atoms with Crippen LogP contribution in [0.1, 0.15) is 30.9 Å². The van der Waals surface area contributed by atoms with E-state index in [2.05, 4.69) is 0 Å². The summed E-state index contributed by atoms with van der Waals surface area (Å²) in [5, 5.41) is 9.99. The molecule has 0 amide bonds. The van der Waals surface area contributed by atoms with Crippen molar-refractivity contribution in [3.8, 4) is 0 Å². The molecular formula is C10H14O3. The molecule has 1 aromatic rings. The van der Waals surface area contributed by atoms with E-state index in [9.17, 15) is 5.11 Å². The second kappa shape index (κ2) is 3.16. The highest BCUT2D eigenvalue weighted by molar-refractivity contribution is 5.16. The van der Waals surface area contributed by atoms with Crippen molar-refractivity contribution < 1.29 is 14.3 Å². The van der Waals surface area contributed by atoms with Gasteiger partial charge >= 0.3 is 0 Å². The molecule has 0 bridgehead atoms. The monoisotopic (exact) mass is 182 g/mol. The van der Waals surface area contributed by atoms with Crippen LogP contribution in [0.5, 0.6) is 0 Å². The zero-order valence-corrected chi connectivity index (χ0v) is 7.69. The molecule has 3 heteroatoms. The summed E-state index contributed by atoms with van der Waals surface area (Å²) in [6.07, 6.45) is 5.57. The third-order valence-corrected chi connectivity index (χ3v) is 2.96. The number of hydrogen-bond acceptors (Lipinski definition) is 3. The predicted octanol–water partition coefficient (Wildman–Crippen LogP) is 1.88.